The third kappa shape index (κ3) is 7.15. The molecule has 154 valence electrons. The number of ether oxygens (including phenoxy) is 1. The first-order chi connectivity index (χ1) is 13.9. The van der Waals surface area contributed by atoms with Crippen molar-refractivity contribution in [2.45, 2.75) is 25.1 Å². The van der Waals surface area contributed by atoms with Gasteiger partial charge in [0.15, 0.2) is 0 Å². The molecule has 0 unspecified atom stereocenters. The van der Waals surface area contributed by atoms with Crippen LogP contribution in [0.4, 0.5) is 4.79 Å². The lowest BCUT2D eigenvalue weighted by molar-refractivity contribution is -0.129. The molecule has 0 fully saturated rings. The third-order valence-electron chi connectivity index (χ3n) is 4.04. The van der Waals surface area contributed by atoms with Crippen molar-refractivity contribution in [3.8, 4) is 5.75 Å². The van der Waals surface area contributed by atoms with E-state index in [2.05, 4.69) is 10.6 Å². The summed E-state index contributed by atoms with van der Waals surface area (Å²) in [4.78, 5) is 35.9. The third-order valence-corrected chi connectivity index (χ3v) is 4.04. The van der Waals surface area contributed by atoms with Crippen LogP contribution in [0.15, 0.2) is 54.6 Å². The molecule has 0 spiro atoms. The van der Waals surface area contributed by atoms with Crippen LogP contribution in [0.25, 0.3) is 0 Å². The SMILES string of the molecule is NC(=O)[C@@H](Cc1ccc(O)cc1)NC(=O)[C@@H](CO)NC(=O)OCc1ccccc1. The van der Waals surface area contributed by atoms with Crippen molar-refractivity contribution in [1.29, 1.82) is 0 Å². The van der Waals surface area contributed by atoms with E-state index in [9.17, 15) is 24.6 Å². The lowest BCUT2D eigenvalue weighted by Gasteiger charge is -2.20. The minimum absolute atomic E-state index is 0.00277. The average molecular weight is 401 g/mol. The van der Waals surface area contributed by atoms with Crippen LogP contribution in [0, 0.1) is 0 Å². The summed E-state index contributed by atoms with van der Waals surface area (Å²) in [6, 6.07) is 12.6. The van der Waals surface area contributed by atoms with Gasteiger partial charge in [-0.1, -0.05) is 42.5 Å². The Kier molecular flexibility index (Phi) is 7.99. The molecule has 0 bridgehead atoms. The Hall–Kier alpha value is -3.59. The number of benzene rings is 2. The zero-order chi connectivity index (χ0) is 21.2. The molecule has 2 aromatic carbocycles. The van der Waals surface area contributed by atoms with Gasteiger partial charge in [-0.3, -0.25) is 9.59 Å². The number of aliphatic hydroxyl groups is 1. The van der Waals surface area contributed by atoms with Crippen LogP contribution in [-0.2, 0) is 27.4 Å². The van der Waals surface area contributed by atoms with Gasteiger partial charge in [0.2, 0.25) is 11.8 Å². The van der Waals surface area contributed by atoms with Gasteiger partial charge in [-0.15, -0.1) is 0 Å². The number of hydrogen-bond acceptors (Lipinski definition) is 6. The molecule has 29 heavy (non-hydrogen) atoms. The summed E-state index contributed by atoms with van der Waals surface area (Å²) in [5.74, 6) is -1.51. The Bertz CT molecular complexity index is 826. The molecular formula is C20H23N3O6. The summed E-state index contributed by atoms with van der Waals surface area (Å²) in [6.45, 7) is -0.700. The van der Waals surface area contributed by atoms with E-state index in [0.29, 0.717) is 5.56 Å². The fourth-order valence-electron chi connectivity index (χ4n) is 2.46. The Morgan fingerprint density at radius 2 is 1.59 bits per heavy atom. The normalized spacial score (nSPS) is 12.4. The highest BCUT2D eigenvalue weighted by Crippen LogP contribution is 2.11. The van der Waals surface area contributed by atoms with Gasteiger partial charge >= 0.3 is 6.09 Å². The van der Waals surface area contributed by atoms with Gasteiger partial charge in [0.05, 0.1) is 6.61 Å². The number of aromatic hydroxyl groups is 1. The second kappa shape index (κ2) is 10.7. The van der Waals surface area contributed by atoms with Gasteiger partial charge in [-0.25, -0.2) is 4.79 Å². The Morgan fingerprint density at radius 1 is 0.931 bits per heavy atom. The first kappa shape index (κ1) is 21.7. The van der Waals surface area contributed by atoms with Crippen molar-refractivity contribution in [3.05, 3.63) is 65.7 Å². The number of carbonyl (C=O) groups excluding carboxylic acids is 3. The average Bonchev–Trinajstić information content (AvgIpc) is 2.72. The van der Waals surface area contributed by atoms with E-state index >= 15 is 0 Å². The standard InChI is InChI=1S/C20H23N3O6/c21-18(26)16(10-13-6-8-15(25)9-7-13)22-19(27)17(11-24)23-20(28)29-12-14-4-2-1-3-5-14/h1-9,16-17,24-25H,10-12H2,(H2,21,26)(H,22,27)(H,23,28)/t16-,17-/m1/s1. The minimum Gasteiger partial charge on any atom is -0.508 e. The number of alkyl carbamates (subject to hydrolysis) is 1. The molecule has 3 amide bonds. The molecule has 6 N–H and O–H groups in total. The Labute approximate surface area is 167 Å². The van der Waals surface area contributed by atoms with E-state index in [1.807, 2.05) is 6.07 Å². The van der Waals surface area contributed by atoms with Gasteiger partial charge in [-0.2, -0.15) is 0 Å². The number of nitrogens with two attached hydrogens (primary N) is 1. The van der Waals surface area contributed by atoms with Crippen molar-refractivity contribution >= 4 is 17.9 Å². The fraction of sp³-hybridized carbons (Fsp3) is 0.250. The highest BCUT2D eigenvalue weighted by molar-refractivity contribution is 5.91. The van der Waals surface area contributed by atoms with Crippen LogP contribution >= 0.6 is 0 Å². The highest BCUT2D eigenvalue weighted by Gasteiger charge is 2.25. The van der Waals surface area contributed by atoms with Crippen LogP contribution < -0.4 is 16.4 Å². The topological polar surface area (TPSA) is 151 Å². The Balaban J connectivity index is 1.91. The quantitative estimate of drug-likeness (QED) is 0.405. The van der Waals surface area contributed by atoms with Crippen molar-refractivity contribution in [1.82, 2.24) is 10.6 Å². The largest absolute Gasteiger partial charge is 0.508 e. The molecule has 0 saturated heterocycles. The highest BCUT2D eigenvalue weighted by atomic mass is 16.5. The summed E-state index contributed by atoms with van der Waals surface area (Å²) >= 11 is 0. The van der Waals surface area contributed by atoms with Crippen LogP contribution in [0.2, 0.25) is 0 Å². The number of phenolic OH excluding ortho intramolecular Hbond substituents is 1. The predicted molar refractivity (Wildman–Crippen MR) is 104 cm³/mol. The molecular weight excluding hydrogens is 378 g/mol. The number of primary amides is 1. The molecule has 0 radical (unpaired) electrons. The minimum atomic E-state index is -1.32. The number of aliphatic hydroxyl groups excluding tert-OH is 1. The summed E-state index contributed by atoms with van der Waals surface area (Å²) in [7, 11) is 0. The molecule has 2 aromatic rings. The second-order valence-electron chi connectivity index (χ2n) is 6.28. The van der Waals surface area contributed by atoms with Crippen LogP contribution in [0.3, 0.4) is 0 Å². The number of carbonyl (C=O) groups is 3. The van der Waals surface area contributed by atoms with Gasteiger partial charge < -0.3 is 31.3 Å². The zero-order valence-corrected chi connectivity index (χ0v) is 15.6. The second-order valence-corrected chi connectivity index (χ2v) is 6.28. The molecule has 0 aliphatic carbocycles. The van der Waals surface area contributed by atoms with E-state index in [0.717, 1.165) is 5.56 Å². The number of phenols is 1. The molecule has 9 heteroatoms. The maximum atomic E-state index is 12.4. The molecule has 9 nitrogen and oxygen atoms in total. The number of nitrogens with one attached hydrogen (secondary N) is 2. The number of rotatable bonds is 9. The van der Waals surface area contributed by atoms with Gasteiger partial charge in [0, 0.05) is 6.42 Å². The van der Waals surface area contributed by atoms with Crippen molar-refractivity contribution in [3.63, 3.8) is 0 Å². The van der Waals surface area contributed by atoms with E-state index < -0.39 is 36.6 Å². The summed E-state index contributed by atoms with van der Waals surface area (Å²) in [6.07, 6.45) is -0.810. The Morgan fingerprint density at radius 3 is 2.17 bits per heavy atom. The van der Waals surface area contributed by atoms with E-state index in [1.165, 1.54) is 12.1 Å². The van der Waals surface area contributed by atoms with Gasteiger partial charge in [-0.05, 0) is 23.3 Å². The van der Waals surface area contributed by atoms with Crippen LogP contribution in [0.1, 0.15) is 11.1 Å². The summed E-state index contributed by atoms with van der Waals surface area (Å²) in [5.41, 5.74) is 6.75. The smallest absolute Gasteiger partial charge is 0.408 e. The van der Waals surface area contributed by atoms with Gasteiger partial charge in [0.1, 0.15) is 24.4 Å². The van der Waals surface area contributed by atoms with Crippen molar-refractivity contribution < 1.29 is 29.3 Å². The summed E-state index contributed by atoms with van der Waals surface area (Å²) in [5, 5.41) is 23.4. The van der Waals surface area contributed by atoms with E-state index in [4.69, 9.17) is 10.5 Å². The molecule has 0 aliphatic rings. The molecule has 0 saturated carbocycles. The van der Waals surface area contributed by atoms with E-state index in [-0.39, 0.29) is 18.8 Å². The summed E-state index contributed by atoms with van der Waals surface area (Å²) < 4.78 is 5.01. The molecule has 0 aliphatic heterocycles. The maximum absolute atomic E-state index is 12.4. The van der Waals surface area contributed by atoms with Crippen LogP contribution in [0.5, 0.6) is 5.75 Å². The first-order valence-electron chi connectivity index (χ1n) is 8.84. The fourth-order valence-corrected chi connectivity index (χ4v) is 2.46. The first-order valence-corrected chi connectivity index (χ1v) is 8.84. The van der Waals surface area contributed by atoms with Gasteiger partial charge in [0.25, 0.3) is 0 Å². The van der Waals surface area contributed by atoms with Crippen molar-refractivity contribution in [2.75, 3.05) is 6.61 Å². The molecule has 2 rings (SSSR count). The molecule has 2 atom stereocenters. The lowest BCUT2D eigenvalue weighted by Crippen LogP contribution is -2.54. The molecule has 0 heterocycles. The number of amides is 3. The lowest BCUT2D eigenvalue weighted by atomic mass is 10.0. The van der Waals surface area contributed by atoms with Crippen molar-refractivity contribution in [2.24, 2.45) is 5.73 Å². The maximum Gasteiger partial charge on any atom is 0.408 e. The van der Waals surface area contributed by atoms with Crippen LogP contribution in [-0.4, -0.2) is 46.8 Å². The number of hydrogen-bond donors (Lipinski definition) is 5. The van der Waals surface area contributed by atoms with E-state index in [1.54, 1.807) is 36.4 Å². The molecule has 0 aromatic heterocycles. The zero-order valence-electron chi connectivity index (χ0n) is 15.6. The predicted octanol–water partition coefficient (Wildman–Crippen LogP) is 0.192. The monoisotopic (exact) mass is 401 g/mol.